The van der Waals surface area contributed by atoms with E-state index >= 15 is 4.39 Å². The maximum absolute atomic E-state index is 15.0. The van der Waals surface area contributed by atoms with E-state index in [1.54, 1.807) is 17.0 Å². The third-order valence-electron chi connectivity index (χ3n) is 19.3. The molecule has 0 aliphatic carbocycles. The second-order valence-electron chi connectivity index (χ2n) is 28.7. The van der Waals surface area contributed by atoms with Crippen LogP contribution >= 0.6 is 0 Å². The van der Waals surface area contributed by atoms with E-state index in [-0.39, 0.29) is 88.7 Å². The first-order valence-electron chi connectivity index (χ1n) is 35.9. The van der Waals surface area contributed by atoms with Gasteiger partial charge in [-0.3, -0.25) is 4.90 Å². The summed E-state index contributed by atoms with van der Waals surface area (Å²) in [5.74, 6) is -4.74. The molecule has 4 aromatic heterocycles. The number of aryl methyl sites for hydroxylation is 8. The van der Waals surface area contributed by atoms with E-state index in [0.717, 1.165) is 103 Å². The van der Waals surface area contributed by atoms with E-state index in [1.165, 1.54) is 57.7 Å². The van der Waals surface area contributed by atoms with Gasteiger partial charge >= 0.3 is 12.4 Å². The summed E-state index contributed by atoms with van der Waals surface area (Å²) in [6.45, 7) is 17.1. The molecule has 0 saturated carbocycles. The van der Waals surface area contributed by atoms with Crippen LogP contribution in [0.4, 0.5) is 48.3 Å². The molecule has 0 atom stereocenters. The van der Waals surface area contributed by atoms with Gasteiger partial charge in [0.05, 0.1) is 54.3 Å². The highest BCUT2D eigenvalue weighted by Crippen LogP contribution is 2.37. The average Bonchev–Trinajstić information content (AvgIpc) is 1.61. The van der Waals surface area contributed by atoms with Gasteiger partial charge in [0.25, 0.3) is 5.92 Å². The Morgan fingerprint density at radius 1 is 0.373 bits per heavy atom. The number of nitrogens with two attached hydrogens (primary N) is 4. The lowest BCUT2D eigenvalue weighted by Crippen LogP contribution is -2.38. The fourth-order valence-corrected chi connectivity index (χ4v) is 14.9. The molecular formula is C81H82F11N13O9S4. The van der Waals surface area contributed by atoms with Gasteiger partial charge in [-0.05, 0) is 179 Å². The molecule has 1 saturated heterocycles. The summed E-state index contributed by atoms with van der Waals surface area (Å²) < 4.78 is 248. The number of likely N-dealkylation sites (tertiary alicyclic amines) is 1. The number of imidazole rings is 4. The fourth-order valence-electron chi connectivity index (χ4n) is 12.8. The van der Waals surface area contributed by atoms with Crippen LogP contribution in [0.3, 0.4) is 0 Å². The van der Waals surface area contributed by atoms with Crippen molar-refractivity contribution in [3.05, 3.63) is 283 Å². The monoisotopic (exact) mass is 1720 g/mol. The van der Waals surface area contributed by atoms with E-state index in [9.17, 15) is 82.7 Å². The lowest BCUT2D eigenvalue weighted by atomic mass is 10.1. The zero-order valence-corrected chi connectivity index (χ0v) is 67.9. The molecule has 118 heavy (non-hydrogen) atoms. The summed E-state index contributed by atoms with van der Waals surface area (Å²) in [6, 6.07) is 38.4. The van der Waals surface area contributed by atoms with Crippen LogP contribution in [0.15, 0.2) is 196 Å². The average molecular weight is 1720 g/mol. The lowest BCUT2D eigenvalue weighted by Gasteiger charge is -2.31. The topological polar surface area (TPSA) is 335 Å². The summed E-state index contributed by atoms with van der Waals surface area (Å²) in [7, 11) is -16.1. The molecule has 0 spiro atoms. The van der Waals surface area contributed by atoms with Crippen molar-refractivity contribution in [3.63, 3.8) is 0 Å². The molecule has 8 aromatic carbocycles. The highest BCUT2D eigenvalue weighted by atomic mass is 32.2. The van der Waals surface area contributed by atoms with Gasteiger partial charge in [-0.15, -0.1) is 0 Å². The van der Waals surface area contributed by atoms with Crippen molar-refractivity contribution in [1.82, 2.24) is 43.1 Å². The number of alkyl halides is 8. The predicted octanol–water partition coefficient (Wildman–Crippen LogP) is 14.6. The molecular weight excluding hydrogens is 1640 g/mol. The SMILES string of the molecule is Cc1ccc(C)c(Cn2cc(C(F)(F)F)nc2-c2ccc(S(N)(=O)=O)cc2)c1.Cc1ccc(C)c(Cn2cc(C(F)(F)F)nc2-c2ccc(S(N)(=O)=O)cc2F)c1.Cc1ccc(C)c(Cn2cc(CN3CCC(F)(F)CC3)nc2-c2ccc(S(N)(=O)=O)cc2F)c1.Cc1ccc(C)c(Cn2cc(CO)nc2-c2ccc(S(N)(=O)=O)cc2F)c1. The number of aromatic nitrogens is 8. The second-order valence-corrected chi connectivity index (χ2v) is 34.9. The number of sulfonamides is 4. The molecule has 1 aliphatic rings. The molecule has 0 radical (unpaired) electrons. The second kappa shape index (κ2) is 35.5. The smallest absolute Gasteiger partial charge is 0.390 e. The molecule has 0 unspecified atom stereocenters. The predicted molar refractivity (Wildman–Crippen MR) is 421 cm³/mol. The highest BCUT2D eigenvalue weighted by Gasteiger charge is 2.38. The fraction of sp³-hybridized carbons (Fsp3) is 0.259. The first kappa shape index (κ1) is 89.7. The molecule has 9 N–H and O–H groups in total. The number of rotatable bonds is 19. The van der Waals surface area contributed by atoms with Gasteiger partial charge in [-0.2, -0.15) is 26.3 Å². The van der Waals surface area contributed by atoms with Crippen molar-refractivity contribution >= 4 is 40.1 Å². The Morgan fingerprint density at radius 3 is 0.975 bits per heavy atom. The Kier molecular flexibility index (Phi) is 27.0. The number of hydrogen-bond donors (Lipinski definition) is 5. The van der Waals surface area contributed by atoms with Crippen LogP contribution in [0, 0.1) is 72.8 Å². The van der Waals surface area contributed by atoms with Crippen molar-refractivity contribution in [1.29, 1.82) is 0 Å². The van der Waals surface area contributed by atoms with Gasteiger partial charge in [0, 0.05) is 89.0 Å². The molecule has 5 heterocycles. The Morgan fingerprint density at radius 2 is 0.661 bits per heavy atom. The first-order valence-corrected chi connectivity index (χ1v) is 42.1. The van der Waals surface area contributed by atoms with Crippen molar-refractivity contribution in [3.8, 4) is 45.6 Å². The summed E-state index contributed by atoms with van der Waals surface area (Å²) in [6.07, 6.45) is -4.49. The van der Waals surface area contributed by atoms with Crippen LogP contribution in [0.2, 0.25) is 0 Å². The van der Waals surface area contributed by atoms with Crippen LogP contribution in [-0.2, 0) is 91.8 Å². The van der Waals surface area contributed by atoms with E-state index in [4.69, 9.17) is 20.6 Å². The van der Waals surface area contributed by atoms with E-state index in [0.29, 0.717) is 54.3 Å². The normalized spacial score (nSPS) is 13.5. The Bertz CT molecular complexity index is 6220. The van der Waals surface area contributed by atoms with Gasteiger partial charge in [0.2, 0.25) is 40.1 Å². The van der Waals surface area contributed by atoms with Crippen LogP contribution in [0.5, 0.6) is 0 Å². The number of aliphatic hydroxyl groups is 1. The number of halogens is 11. The molecule has 12 aromatic rings. The van der Waals surface area contributed by atoms with Crippen LogP contribution < -0.4 is 20.6 Å². The van der Waals surface area contributed by atoms with E-state index < -0.39 is 92.1 Å². The molecule has 13 rings (SSSR count). The van der Waals surface area contributed by atoms with Crippen molar-refractivity contribution in [2.75, 3.05) is 13.1 Å². The summed E-state index contributed by atoms with van der Waals surface area (Å²) >= 11 is 0. The standard InChI is InChI=1S/C24H27F3N4O2S.C19H17F4N3O2S.C19H18F3N3O2S.C19H20FN3O3S/c1-16-3-4-17(2)18(11-16)13-31-15-19(14-30-9-7-24(26,27)8-10-30)29-23(31)21-6-5-20(12-22(21)25)34(28,32)33;1-11-3-4-12(2)13(7-11)9-26-10-17(19(21,22)23)25-18(26)15-6-5-14(8-16(15)20)29(24,27)28;1-12-3-4-13(2)15(9-12)10-25-11-17(19(20,21)22)24-18(25)14-5-7-16(8-6-14)28(23,26)27;1-12-3-4-13(2)14(7-12)9-23-10-15(11-24)22-19(23)17-6-5-16(8-18(17)20)27(21,25)26/h3-6,11-12,15H,7-10,13-14H2,1-2H3,(H2,28,32,33);3-8,10H,9H2,1-2H3,(H2,24,27,28);3-9,11H,10H2,1-2H3,(H2,23,26,27);3-8,10,24H,9,11H2,1-2H3,(H2,21,25,26). The molecule has 1 aliphatic heterocycles. The van der Waals surface area contributed by atoms with Crippen LogP contribution in [0.25, 0.3) is 45.6 Å². The van der Waals surface area contributed by atoms with Crippen molar-refractivity contribution in [2.45, 2.75) is 145 Å². The van der Waals surface area contributed by atoms with Gasteiger partial charge in [0.1, 0.15) is 40.7 Å². The maximum Gasteiger partial charge on any atom is 0.434 e. The van der Waals surface area contributed by atoms with Gasteiger partial charge in [0.15, 0.2) is 11.4 Å². The Hall–Kier alpha value is -10.6. The van der Waals surface area contributed by atoms with E-state index in [2.05, 4.69) is 19.9 Å². The minimum absolute atomic E-state index is 0.0301. The summed E-state index contributed by atoms with van der Waals surface area (Å²) in [4.78, 5) is 16.9. The molecule has 0 amide bonds. The maximum atomic E-state index is 15.0. The zero-order valence-electron chi connectivity index (χ0n) is 64.7. The number of primary sulfonamides is 4. The van der Waals surface area contributed by atoms with Gasteiger partial charge in [-0.25, -0.2) is 96.1 Å². The van der Waals surface area contributed by atoms with Crippen LogP contribution in [-0.4, -0.2) is 101 Å². The van der Waals surface area contributed by atoms with E-state index in [1.807, 2.05) is 138 Å². The summed E-state index contributed by atoms with van der Waals surface area (Å²) in [5.41, 5.74) is 10.9. The first-order chi connectivity index (χ1) is 54.9. The quantitative estimate of drug-likeness (QED) is 0.0470. The van der Waals surface area contributed by atoms with Gasteiger partial charge in [-0.1, -0.05) is 95.1 Å². The minimum atomic E-state index is -4.72. The molecule has 37 heteroatoms. The Balaban J connectivity index is 0.000000166. The minimum Gasteiger partial charge on any atom is -0.390 e. The molecule has 1 fully saturated rings. The molecule has 0 bridgehead atoms. The number of piperidine rings is 1. The third-order valence-corrected chi connectivity index (χ3v) is 22.9. The number of nitrogens with zero attached hydrogens (tertiary/aromatic N) is 9. The number of benzene rings is 8. The van der Waals surface area contributed by atoms with Gasteiger partial charge < -0.3 is 23.4 Å². The van der Waals surface area contributed by atoms with Crippen LogP contribution in [0.1, 0.15) is 102 Å². The zero-order chi connectivity index (χ0) is 86.7. The summed E-state index contributed by atoms with van der Waals surface area (Å²) in [5, 5.41) is 29.7. The molecule has 626 valence electrons. The largest absolute Gasteiger partial charge is 0.434 e. The van der Waals surface area contributed by atoms with Crippen molar-refractivity contribution in [2.24, 2.45) is 20.6 Å². The van der Waals surface area contributed by atoms with Crippen molar-refractivity contribution < 1.29 is 87.1 Å². The lowest BCUT2D eigenvalue weighted by molar-refractivity contribution is -0.141. The molecule has 22 nitrogen and oxygen atoms in total. The highest BCUT2D eigenvalue weighted by molar-refractivity contribution is 7.90. The number of hydrogen-bond acceptors (Lipinski definition) is 14. The number of aliphatic hydroxyl groups excluding tert-OH is 1. The Labute approximate surface area is 674 Å². The third kappa shape index (κ3) is 22.8.